The van der Waals surface area contributed by atoms with Crippen molar-refractivity contribution in [1.82, 2.24) is 19.3 Å². The minimum atomic E-state index is -0.642. The number of ether oxygens (including phenoxy) is 2. The lowest BCUT2D eigenvalue weighted by molar-refractivity contribution is -0.153. The van der Waals surface area contributed by atoms with E-state index in [1.807, 2.05) is 26.0 Å². The molecule has 9 nitrogen and oxygen atoms in total. The molecule has 1 unspecified atom stereocenters. The molecule has 162 valence electrons. The zero-order valence-corrected chi connectivity index (χ0v) is 17.8. The van der Waals surface area contributed by atoms with Crippen molar-refractivity contribution in [2.75, 3.05) is 25.9 Å². The molecule has 0 saturated carbocycles. The molecule has 2 N–H and O–H groups in total. The Hall–Kier alpha value is -3.36. The molecule has 0 bridgehead atoms. The van der Waals surface area contributed by atoms with Gasteiger partial charge in [0.1, 0.15) is 28.2 Å². The van der Waals surface area contributed by atoms with Gasteiger partial charge in [0.15, 0.2) is 0 Å². The van der Waals surface area contributed by atoms with E-state index in [2.05, 4.69) is 9.97 Å². The number of carbonyl (C=O) groups is 2. The number of anilines is 1. The molecule has 4 heterocycles. The van der Waals surface area contributed by atoms with Crippen LogP contribution in [0.2, 0.25) is 0 Å². The lowest BCUT2D eigenvalue weighted by Crippen LogP contribution is -2.48. The number of likely N-dealkylation sites (tertiary alicyclic amines) is 1. The molecule has 0 radical (unpaired) electrons. The first-order chi connectivity index (χ1) is 14.7. The van der Waals surface area contributed by atoms with Crippen molar-refractivity contribution in [2.24, 2.45) is 5.41 Å². The highest BCUT2D eigenvalue weighted by atomic mass is 16.6. The third-order valence-corrected chi connectivity index (χ3v) is 6.29. The van der Waals surface area contributed by atoms with Crippen molar-refractivity contribution in [3.8, 4) is 5.75 Å². The van der Waals surface area contributed by atoms with Gasteiger partial charge in [0.2, 0.25) is 5.95 Å². The zero-order valence-electron chi connectivity index (χ0n) is 17.8. The number of imidazole rings is 1. The van der Waals surface area contributed by atoms with Gasteiger partial charge in [-0.05, 0) is 38.8 Å². The van der Waals surface area contributed by atoms with Gasteiger partial charge in [-0.25, -0.2) is 9.97 Å². The maximum atomic E-state index is 13.4. The van der Waals surface area contributed by atoms with E-state index in [-0.39, 0.29) is 23.5 Å². The molecule has 1 aromatic carbocycles. The Bertz CT molecular complexity index is 1230. The lowest BCUT2D eigenvalue weighted by atomic mass is 9.75. The summed E-state index contributed by atoms with van der Waals surface area (Å²) in [6.45, 7) is 4.74. The van der Waals surface area contributed by atoms with Crippen LogP contribution in [0.15, 0.2) is 24.4 Å². The molecule has 2 aromatic heterocycles. The number of hydrogen-bond acceptors (Lipinski definition) is 7. The monoisotopic (exact) mass is 423 g/mol. The zero-order chi connectivity index (χ0) is 22.0. The Morgan fingerprint density at radius 2 is 2.10 bits per heavy atom. The average Bonchev–Trinajstić information content (AvgIpc) is 3.27. The molecule has 31 heavy (non-hydrogen) atoms. The third-order valence-electron chi connectivity index (χ3n) is 6.29. The van der Waals surface area contributed by atoms with Gasteiger partial charge in [0.05, 0.1) is 12.5 Å². The van der Waals surface area contributed by atoms with E-state index < -0.39 is 11.0 Å². The van der Waals surface area contributed by atoms with Crippen LogP contribution in [0.5, 0.6) is 5.75 Å². The SMILES string of the molecule is COc1cccc2c1nc(N)n1cc(C(=O)N3CCCC4(C3)CC(C)(C)OC4=O)nc21. The molecular formula is C22H25N5O4. The molecule has 3 aromatic rings. The van der Waals surface area contributed by atoms with Gasteiger partial charge in [-0.2, -0.15) is 0 Å². The highest BCUT2D eigenvalue weighted by Crippen LogP contribution is 2.46. The van der Waals surface area contributed by atoms with E-state index in [1.54, 1.807) is 28.7 Å². The summed E-state index contributed by atoms with van der Waals surface area (Å²) in [6, 6.07) is 5.51. The first kappa shape index (κ1) is 19.6. The number of para-hydroxylation sites is 1. The smallest absolute Gasteiger partial charge is 0.314 e. The van der Waals surface area contributed by atoms with Crippen LogP contribution in [0, 0.1) is 5.41 Å². The predicted octanol–water partition coefficient (Wildman–Crippen LogP) is 2.42. The van der Waals surface area contributed by atoms with Crippen LogP contribution in [0.1, 0.15) is 43.6 Å². The van der Waals surface area contributed by atoms with Crippen LogP contribution in [0.4, 0.5) is 5.95 Å². The van der Waals surface area contributed by atoms with Crippen LogP contribution >= 0.6 is 0 Å². The standard InChI is InChI=1S/C22H25N5O4/c1-21(2)11-22(19(29)31-21)8-5-9-26(12-22)18(28)14-10-27-17(24-14)13-6-4-7-15(30-3)16(13)25-20(27)23/h4,6-7,10H,5,8-9,11-12H2,1-3H3,(H2,23,25). The number of esters is 1. The molecular weight excluding hydrogens is 398 g/mol. The number of benzene rings is 1. The average molecular weight is 423 g/mol. The van der Waals surface area contributed by atoms with Gasteiger partial charge in [-0.15, -0.1) is 0 Å². The van der Waals surface area contributed by atoms with E-state index in [9.17, 15) is 9.59 Å². The van der Waals surface area contributed by atoms with Crippen molar-refractivity contribution < 1.29 is 19.1 Å². The summed E-state index contributed by atoms with van der Waals surface area (Å²) in [6.07, 6.45) is 3.69. The lowest BCUT2D eigenvalue weighted by Gasteiger charge is -2.37. The fraction of sp³-hybridized carbons (Fsp3) is 0.455. The second kappa shape index (κ2) is 6.57. The predicted molar refractivity (Wildman–Crippen MR) is 114 cm³/mol. The Kier molecular flexibility index (Phi) is 4.15. The quantitative estimate of drug-likeness (QED) is 0.630. The maximum Gasteiger partial charge on any atom is 0.314 e. The Morgan fingerprint density at radius 1 is 1.29 bits per heavy atom. The summed E-state index contributed by atoms with van der Waals surface area (Å²) >= 11 is 0. The van der Waals surface area contributed by atoms with Gasteiger partial charge in [0.25, 0.3) is 5.91 Å². The number of cyclic esters (lactones) is 1. The van der Waals surface area contributed by atoms with Crippen LogP contribution in [0.3, 0.4) is 0 Å². The number of rotatable bonds is 2. The number of fused-ring (bicyclic) bond motifs is 3. The van der Waals surface area contributed by atoms with Crippen LogP contribution in [-0.4, -0.2) is 56.9 Å². The minimum absolute atomic E-state index is 0.212. The van der Waals surface area contributed by atoms with E-state index in [1.165, 1.54) is 0 Å². The van der Waals surface area contributed by atoms with Crippen molar-refractivity contribution in [2.45, 2.75) is 38.7 Å². The number of nitrogens with zero attached hydrogens (tertiary/aromatic N) is 4. The minimum Gasteiger partial charge on any atom is -0.494 e. The van der Waals surface area contributed by atoms with Crippen molar-refractivity contribution in [3.05, 3.63) is 30.1 Å². The van der Waals surface area contributed by atoms with Crippen molar-refractivity contribution in [3.63, 3.8) is 0 Å². The fourth-order valence-electron chi connectivity index (χ4n) is 5.06. The Balaban J connectivity index is 1.52. The number of carbonyl (C=O) groups excluding carboxylic acids is 2. The van der Waals surface area contributed by atoms with Crippen LogP contribution in [-0.2, 0) is 9.53 Å². The van der Waals surface area contributed by atoms with Gasteiger partial charge in [-0.3, -0.25) is 14.0 Å². The molecule has 5 rings (SSSR count). The Morgan fingerprint density at radius 3 is 2.81 bits per heavy atom. The fourth-order valence-corrected chi connectivity index (χ4v) is 5.06. The second-order valence-electron chi connectivity index (χ2n) is 9.08. The van der Waals surface area contributed by atoms with E-state index in [0.717, 1.165) is 18.2 Å². The normalized spacial score (nSPS) is 22.9. The Labute approximate surface area is 179 Å². The summed E-state index contributed by atoms with van der Waals surface area (Å²) in [7, 11) is 1.57. The van der Waals surface area contributed by atoms with E-state index >= 15 is 0 Å². The van der Waals surface area contributed by atoms with Crippen molar-refractivity contribution >= 4 is 34.4 Å². The van der Waals surface area contributed by atoms with E-state index in [4.69, 9.17) is 15.2 Å². The summed E-state index contributed by atoms with van der Waals surface area (Å²) in [5.74, 6) is 0.366. The first-order valence-electron chi connectivity index (χ1n) is 10.4. The van der Waals surface area contributed by atoms with Crippen LogP contribution in [0.25, 0.3) is 16.6 Å². The number of nitrogens with two attached hydrogens (primary N) is 1. The molecule has 1 atom stereocenters. The first-order valence-corrected chi connectivity index (χ1v) is 10.4. The number of amides is 1. The number of hydrogen-bond donors (Lipinski definition) is 1. The van der Waals surface area contributed by atoms with Crippen molar-refractivity contribution in [1.29, 1.82) is 0 Å². The molecule has 1 spiro atoms. The third kappa shape index (κ3) is 2.98. The van der Waals surface area contributed by atoms with Gasteiger partial charge in [-0.1, -0.05) is 6.07 Å². The number of methoxy groups -OCH3 is 1. The largest absolute Gasteiger partial charge is 0.494 e. The summed E-state index contributed by atoms with van der Waals surface area (Å²) in [5.41, 5.74) is 6.40. The summed E-state index contributed by atoms with van der Waals surface area (Å²) in [4.78, 5) is 36.7. The molecule has 2 saturated heterocycles. The molecule has 0 aliphatic carbocycles. The number of nitrogen functional groups attached to an aromatic ring is 1. The highest BCUT2D eigenvalue weighted by molar-refractivity contribution is 5.99. The van der Waals surface area contributed by atoms with E-state index in [0.29, 0.717) is 36.4 Å². The van der Waals surface area contributed by atoms with Gasteiger partial charge < -0.3 is 20.1 Å². The maximum absolute atomic E-state index is 13.4. The van der Waals surface area contributed by atoms with Gasteiger partial charge in [0, 0.05) is 31.1 Å². The molecule has 2 fully saturated rings. The topological polar surface area (TPSA) is 112 Å². The summed E-state index contributed by atoms with van der Waals surface area (Å²) < 4.78 is 12.6. The number of piperidine rings is 1. The van der Waals surface area contributed by atoms with Crippen LogP contribution < -0.4 is 10.5 Å². The van der Waals surface area contributed by atoms with Gasteiger partial charge >= 0.3 is 5.97 Å². The number of aromatic nitrogens is 3. The second-order valence-corrected chi connectivity index (χ2v) is 9.08. The molecule has 1 amide bonds. The molecule has 2 aliphatic heterocycles. The molecule has 2 aliphatic rings. The summed E-state index contributed by atoms with van der Waals surface area (Å²) in [5, 5.41) is 0.740. The highest BCUT2D eigenvalue weighted by Gasteiger charge is 2.54. The molecule has 9 heteroatoms.